The van der Waals surface area contributed by atoms with Crippen LogP contribution in [0.4, 0.5) is 10.6 Å². The molecule has 0 aromatic carbocycles. The second-order valence-corrected chi connectivity index (χ2v) is 11.8. The van der Waals surface area contributed by atoms with Crippen LogP contribution in [-0.4, -0.2) is 38.3 Å². The number of carbonyl (C=O) groups excluding carboxylic acids is 1. The molecule has 37 heavy (non-hydrogen) atoms. The first-order valence-electron chi connectivity index (χ1n) is 14.4. The Morgan fingerprint density at radius 3 is 2.51 bits per heavy atom. The summed E-state index contributed by atoms with van der Waals surface area (Å²) < 4.78 is 8.81. The summed E-state index contributed by atoms with van der Waals surface area (Å²) in [4.78, 5) is 31.7. The van der Waals surface area contributed by atoms with Crippen LogP contribution in [0.2, 0.25) is 0 Å². The molecule has 10 nitrogen and oxygen atoms in total. The molecular weight excluding hydrogens is 470 g/mol. The average Bonchev–Trinajstić information content (AvgIpc) is 3.40. The maximum atomic E-state index is 11.7. The molecule has 1 aliphatic heterocycles. The molecule has 1 unspecified atom stereocenters. The molecule has 4 fully saturated rings. The summed E-state index contributed by atoms with van der Waals surface area (Å²) in [7, 11) is 0. The molecule has 0 bridgehead atoms. The van der Waals surface area contributed by atoms with E-state index in [9.17, 15) is 4.79 Å². The van der Waals surface area contributed by atoms with E-state index >= 15 is 0 Å². The van der Waals surface area contributed by atoms with Gasteiger partial charge in [0.1, 0.15) is 16.9 Å². The van der Waals surface area contributed by atoms with Crippen molar-refractivity contribution in [3.63, 3.8) is 0 Å². The molecule has 202 valence electrons. The van der Waals surface area contributed by atoms with Crippen molar-refractivity contribution in [2.24, 2.45) is 17.8 Å². The lowest BCUT2D eigenvalue weighted by Crippen LogP contribution is -2.40. The van der Waals surface area contributed by atoms with E-state index in [0.29, 0.717) is 29.9 Å². The van der Waals surface area contributed by atoms with Gasteiger partial charge in [-0.3, -0.25) is 5.32 Å². The smallest absolute Gasteiger partial charge is 0.367 e. The Balaban J connectivity index is 1.46. The van der Waals surface area contributed by atoms with Gasteiger partial charge in [0, 0.05) is 19.2 Å². The zero-order valence-corrected chi connectivity index (χ0v) is 22.4. The minimum absolute atomic E-state index is 0.286. The number of ether oxygens (including phenoxy) is 1. The standard InChI is InChI=1S/C27H41N7O3/c1-4-36-27(13-6-14-27)25-31-22-20(34(25)15-18-11-9-16(2)10-12-18)21(28-17(3)19-7-5-8-19)29-23(30-22)24-32-26(35)37-33-24/h16-19,24,33H,4-15H2,1-3H3,(H,32,35)(H,28,29,30)/t16?,17-,18?,24?/m1/s1. The third kappa shape index (κ3) is 4.67. The van der Waals surface area contributed by atoms with E-state index in [4.69, 9.17) is 24.5 Å². The Bertz CT molecular complexity index is 1130. The highest BCUT2D eigenvalue weighted by Gasteiger charge is 2.45. The molecule has 2 atom stereocenters. The molecule has 2 aromatic rings. The number of carbonyl (C=O) groups is 1. The number of nitrogens with zero attached hydrogens (tertiary/aromatic N) is 4. The second-order valence-electron chi connectivity index (χ2n) is 11.8. The molecule has 1 amide bonds. The highest BCUT2D eigenvalue weighted by Crippen LogP contribution is 2.46. The van der Waals surface area contributed by atoms with Crippen LogP contribution in [0.5, 0.6) is 0 Å². The number of amides is 1. The minimum atomic E-state index is -0.616. The zero-order valence-electron chi connectivity index (χ0n) is 22.4. The van der Waals surface area contributed by atoms with Crippen molar-refractivity contribution in [1.82, 2.24) is 30.3 Å². The third-order valence-corrected chi connectivity index (χ3v) is 9.20. The van der Waals surface area contributed by atoms with Gasteiger partial charge in [0.2, 0.25) is 0 Å². The summed E-state index contributed by atoms with van der Waals surface area (Å²) in [6, 6.07) is 0.286. The predicted molar refractivity (Wildman–Crippen MR) is 140 cm³/mol. The Morgan fingerprint density at radius 1 is 1.14 bits per heavy atom. The van der Waals surface area contributed by atoms with Gasteiger partial charge in [-0.05, 0) is 76.5 Å². The van der Waals surface area contributed by atoms with Gasteiger partial charge in [-0.15, -0.1) is 5.48 Å². The maximum Gasteiger partial charge on any atom is 0.427 e. The fourth-order valence-electron chi connectivity index (χ4n) is 6.46. The van der Waals surface area contributed by atoms with Crippen LogP contribution in [0, 0.1) is 17.8 Å². The average molecular weight is 512 g/mol. The quantitative estimate of drug-likeness (QED) is 0.435. The number of hydrogen-bond acceptors (Lipinski definition) is 8. The fraction of sp³-hybridized carbons (Fsp3) is 0.778. The molecule has 10 heteroatoms. The topological polar surface area (TPSA) is 115 Å². The first kappa shape index (κ1) is 24.9. The molecule has 3 N–H and O–H groups in total. The van der Waals surface area contributed by atoms with E-state index in [1.54, 1.807) is 0 Å². The summed E-state index contributed by atoms with van der Waals surface area (Å²) >= 11 is 0. The Morgan fingerprint density at radius 2 is 1.92 bits per heavy atom. The largest absolute Gasteiger partial charge is 0.427 e. The van der Waals surface area contributed by atoms with Crippen LogP contribution in [0.1, 0.15) is 103 Å². The van der Waals surface area contributed by atoms with Crippen molar-refractivity contribution in [3.05, 3.63) is 11.6 Å². The SMILES string of the molecule is CCOC1(c2nc3nc(C4NOC(=O)N4)nc(N[C@H](C)C4CCC4)c3n2CC2CCC(C)CC2)CCC1. The molecule has 2 aromatic heterocycles. The minimum Gasteiger partial charge on any atom is -0.367 e. The number of fused-ring (bicyclic) bond motifs is 1. The molecule has 0 radical (unpaired) electrons. The highest BCUT2D eigenvalue weighted by molar-refractivity contribution is 5.84. The number of hydroxylamine groups is 1. The molecule has 3 saturated carbocycles. The van der Waals surface area contributed by atoms with E-state index in [0.717, 1.165) is 48.9 Å². The lowest BCUT2D eigenvalue weighted by molar-refractivity contribution is -0.109. The lowest BCUT2D eigenvalue weighted by Gasteiger charge is -2.41. The van der Waals surface area contributed by atoms with E-state index in [1.807, 2.05) is 0 Å². The van der Waals surface area contributed by atoms with Crippen LogP contribution < -0.4 is 16.1 Å². The molecule has 1 saturated heterocycles. The number of anilines is 1. The Labute approximate surface area is 218 Å². The van der Waals surface area contributed by atoms with Crippen molar-refractivity contribution in [2.75, 3.05) is 11.9 Å². The van der Waals surface area contributed by atoms with Gasteiger partial charge in [0.25, 0.3) is 0 Å². The number of imidazole rings is 1. The lowest BCUT2D eigenvalue weighted by atomic mass is 9.78. The molecule has 3 aliphatic carbocycles. The van der Waals surface area contributed by atoms with Crippen LogP contribution in [0.15, 0.2) is 0 Å². The van der Waals surface area contributed by atoms with E-state index in [2.05, 4.69) is 41.5 Å². The zero-order chi connectivity index (χ0) is 25.6. The van der Waals surface area contributed by atoms with Gasteiger partial charge < -0.3 is 19.5 Å². The Kier molecular flexibility index (Phi) is 6.73. The normalized spacial score (nSPS) is 28.3. The van der Waals surface area contributed by atoms with Crippen molar-refractivity contribution in [1.29, 1.82) is 0 Å². The van der Waals surface area contributed by atoms with E-state index in [-0.39, 0.29) is 11.6 Å². The summed E-state index contributed by atoms with van der Waals surface area (Å²) in [5, 5.41) is 6.49. The highest BCUT2D eigenvalue weighted by atomic mass is 16.7. The summed E-state index contributed by atoms with van der Waals surface area (Å²) in [6.45, 7) is 8.24. The number of rotatable bonds is 9. The first-order valence-corrected chi connectivity index (χ1v) is 14.4. The van der Waals surface area contributed by atoms with Gasteiger partial charge in [0.15, 0.2) is 23.5 Å². The van der Waals surface area contributed by atoms with Gasteiger partial charge in [-0.2, -0.15) is 0 Å². The molecule has 6 rings (SSSR count). The van der Waals surface area contributed by atoms with E-state index in [1.165, 1.54) is 44.9 Å². The van der Waals surface area contributed by atoms with Crippen molar-refractivity contribution in [3.8, 4) is 0 Å². The van der Waals surface area contributed by atoms with Gasteiger partial charge in [-0.1, -0.05) is 26.2 Å². The van der Waals surface area contributed by atoms with Gasteiger partial charge >= 0.3 is 6.09 Å². The number of aromatic nitrogens is 4. The van der Waals surface area contributed by atoms with Crippen molar-refractivity contribution in [2.45, 2.75) is 109 Å². The van der Waals surface area contributed by atoms with Crippen molar-refractivity contribution < 1.29 is 14.4 Å². The van der Waals surface area contributed by atoms with Crippen LogP contribution in [-0.2, 0) is 21.7 Å². The predicted octanol–water partition coefficient (Wildman–Crippen LogP) is 4.91. The van der Waals surface area contributed by atoms with Crippen LogP contribution >= 0.6 is 0 Å². The van der Waals surface area contributed by atoms with Crippen LogP contribution in [0.3, 0.4) is 0 Å². The monoisotopic (exact) mass is 511 g/mol. The fourth-order valence-corrected chi connectivity index (χ4v) is 6.46. The van der Waals surface area contributed by atoms with Gasteiger partial charge in [-0.25, -0.2) is 19.7 Å². The summed E-state index contributed by atoms with van der Waals surface area (Å²) in [5.74, 6) is 4.27. The van der Waals surface area contributed by atoms with Gasteiger partial charge in [0.05, 0.1) is 0 Å². The molecule has 4 aliphatic rings. The van der Waals surface area contributed by atoms with E-state index < -0.39 is 12.3 Å². The molecule has 3 heterocycles. The third-order valence-electron chi connectivity index (χ3n) is 9.20. The second kappa shape index (κ2) is 10.0. The maximum absolute atomic E-state index is 11.7. The number of nitrogens with one attached hydrogen (secondary N) is 3. The number of hydrogen-bond donors (Lipinski definition) is 3. The summed E-state index contributed by atoms with van der Waals surface area (Å²) in [5.41, 5.74) is 3.95. The van der Waals surface area contributed by atoms with Crippen LogP contribution in [0.25, 0.3) is 11.2 Å². The summed E-state index contributed by atoms with van der Waals surface area (Å²) in [6.07, 6.45) is 10.7. The first-order chi connectivity index (χ1) is 18.0. The molecule has 0 spiro atoms. The Hall–Kier alpha value is -2.46. The van der Waals surface area contributed by atoms with Crippen molar-refractivity contribution >= 4 is 23.1 Å². The molecular formula is C27H41N7O3.